The van der Waals surface area contributed by atoms with E-state index in [1.807, 2.05) is 41.7 Å². The molecule has 0 radical (unpaired) electrons. The summed E-state index contributed by atoms with van der Waals surface area (Å²) < 4.78 is 2.23. The molecular weight excluding hydrogens is 396 g/mol. The third-order valence-corrected chi connectivity index (χ3v) is 7.54. The third kappa shape index (κ3) is 4.89. The van der Waals surface area contributed by atoms with E-state index in [1.54, 1.807) is 0 Å². The highest BCUT2D eigenvalue weighted by molar-refractivity contribution is 6.30. The number of halogens is 1. The molecule has 6 heteroatoms. The first kappa shape index (κ1) is 21.4. The van der Waals surface area contributed by atoms with Crippen LogP contribution < -0.4 is 5.73 Å². The second kappa shape index (κ2) is 9.52. The van der Waals surface area contributed by atoms with Crippen LogP contribution in [0.3, 0.4) is 0 Å². The Morgan fingerprint density at radius 2 is 1.87 bits per heavy atom. The van der Waals surface area contributed by atoms with Crippen molar-refractivity contribution in [3.63, 3.8) is 0 Å². The molecule has 1 aromatic heterocycles. The van der Waals surface area contributed by atoms with Crippen molar-refractivity contribution in [3.8, 4) is 0 Å². The van der Waals surface area contributed by atoms with Gasteiger partial charge in [0.2, 0.25) is 5.91 Å². The molecule has 1 aromatic carbocycles. The van der Waals surface area contributed by atoms with Crippen LogP contribution in [-0.4, -0.2) is 39.5 Å². The summed E-state index contributed by atoms with van der Waals surface area (Å²) >= 11 is 5.96. The highest BCUT2D eigenvalue weighted by Gasteiger charge is 2.43. The zero-order chi connectivity index (χ0) is 21.0. The molecule has 0 unspecified atom stereocenters. The van der Waals surface area contributed by atoms with Crippen LogP contribution in [0.4, 0.5) is 0 Å². The highest BCUT2D eigenvalue weighted by Crippen LogP contribution is 2.47. The van der Waals surface area contributed by atoms with Crippen molar-refractivity contribution in [1.82, 2.24) is 14.5 Å². The normalized spacial score (nSPS) is 20.8. The number of likely N-dealkylation sites (tertiary alicyclic amines) is 1. The fourth-order valence-corrected chi connectivity index (χ4v) is 5.65. The standard InChI is InChI=1S/C24H33ClN4O/c25-21-8-6-19(7-9-21)16-22(26)23(30)29-13-10-24(11-14-29,17-28-15-12-27-18-28)20-4-2-1-3-5-20/h6-9,12,15,18,20,22H,1-5,10-11,13-14,16-17,26H2/t22-/m1/s1. The van der Waals surface area contributed by atoms with Crippen molar-refractivity contribution in [2.45, 2.75) is 64.0 Å². The molecule has 2 aliphatic rings. The van der Waals surface area contributed by atoms with Gasteiger partial charge in [-0.05, 0) is 61.1 Å². The van der Waals surface area contributed by atoms with Gasteiger partial charge in [-0.1, -0.05) is 43.0 Å². The molecule has 1 saturated heterocycles. The fraction of sp³-hybridized carbons (Fsp3) is 0.583. The topological polar surface area (TPSA) is 64.2 Å². The predicted octanol–water partition coefficient (Wildman–Crippen LogP) is 4.30. The van der Waals surface area contributed by atoms with Crippen LogP contribution in [-0.2, 0) is 17.8 Å². The third-order valence-electron chi connectivity index (χ3n) is 7.28. The van der Waals surface area contributed by atoms with E-state index < -0.39 is 6.04 Å². The van der Waals surface area contributed by atoms with Crippen molar-refractivity contribution in [3.05, 3.63) is 53.6 Å². The Labute approximate surface area is 184 Å². The van der Waals surface area contributed by atoms with E-state index in [2.05, 4.69) is 15.7 Å². The minimum atomic E-state index is -0.498. The zero-order valence-corrected chi connectivity index (χ0v) is 18.4. The number of nitrogens with two attached hydrogens (primary N) is 1. The van der Waals surface area contributed by atoms with E-state index in [1.165, 1.54) is 32.1 Å². The second-order valence-corrected chi connectivity index (χ2v) is 9.63. The van der Waals surface area contributed by atoms with Crippen molar-refractivity contribution in [2.24, 2.45) is 17.1 Å². The molecule has 2 N–H and O–H groups in total. The fourth-order valence-electron chi connectivity index (χ4n) is 5.52. The number of imidazole rings is 1. The van der Waals surface area contributed by atoms with Crippen molar-refractivity contribution < 1.29 is 4.79 Å². The lowest BCUT2D eigenvalue weighted by Crippen LogP contribution is -2.52. The van der Waals surface area contributed by atoms with Crippen LogP contribution in [0.5, 0.6) is 0 Å². The summed E-state index contributed by atoms with van der Waals surface area (Å²) in [7, 11) is 0. The first-order valence-corrected chi connectivity index (χ1v) is 11.7. The lowest BCUT2D eigenvalue weighted by atomic mass is 9.63. The first-order chi connectivity index (χ1) is 14.6. The van der Waals surface area contributed by atoms with E-state index in [9.17, 15) is 4.79 Å². The molecule has 1 amide bonds. The molecule has 0 spiro atoms. The lowest BCUT2D eigenvalue weighted by molar-refractivity contribution is -0.136. The Bertz CT molecular complexity index is 806. The van der Waals surface area contributed by atoms with E-state index >= 15 is 0 Å². The van der Waals surface area contributed by atoms with Crippen LogP contribution in [0.15, 0.2) is 43.0 Å². The van der Waals surface area contributed by atoms with Crippen LogP contribution in [0.1, 0.15) is 50.5 Å². The molecule has 2 aromatic rings. The molecule has 162 valence electrons. The van der Waals surface area contributed by atoms with Gasteiger partial charge in [0.15, 0.2) is 0 Å². The summed E-state index contributed by atoms with van der Waals surface area (Å²) in [6.07, 6.45) is 15.2. The Kier molecular flexibility index (Phi) is 6.79. The number of hydrogen-bond donors (Lipinski definition) is 1. The Balaban J connectivity index is 1.40. The van der Waals surface area contributed by atoms with Crippen molar-refractivity contribution in [2.75, 3.05) is 13.1 Å². The van der Waals surface area contributed by atoms with E-state index in [4.69, 9.17) is 17.3 Å². The smallest absolute Gasteiger partial charge is 0.239 e. The number of piperidine rings is 1. The van der Waals surface area contributed by atoms with Gasteiger partial charge in [0.25, 0.3) is 0 Å². The molecule has 5 nitrogen and oxygen atoms in total. The minimum absolute atomic E-state index is 0.0739. The van der Waals surface area contributed by atoms with Gasteiger partial charge in [0, 0.05) is 37.1 Å². The maximum Gasteiger partial charge on any atom is 0.239 e. The summed E-state index contributed by atoms with van der Waals surface area (Å²) in [4.78, 5) is 19.3. The molecule has 1 saturated carbocycles. The summed E-state index contributed by atoms with van der Waals surface area (Å²) in [5.74, 6) is 0.818. The molecule has 2 fully saturated rings. The number of carbonyl (C=O) groups excluding carboxylic acids is 1. The number of aromatic nitrogens is 2. The molecule has 0 bridgehead atoms. The average Bonchev–Trinajstić information content (AvgIpc) is 3.29. The predicted molar refractivity (Wildman–Crippen MR) is 120 cm³/mol. The summed E-state index contributed by atoms with van der Waals surface area (Å²) in [6, 6.07) is 7.10. The van der Waals surface area contributed by atoms with Gasteiger partial charge in [-0.3, -0.25) is 4.79 Å². The Hall–Kier alpha value is -1.85. The maximum absolute atomic E-state index is 13.0. The molecule has 1 aliphatic carbocycles. The van der Waals surface area contributed by atoms with E-state index in [0.717, 1.165) is 44.0 Å². The van der Waals surface area contributed by atoms with Crippen molar-refractivity contribution in [1.29, 1.82) is 0 Å². The largest absolute Gasteiger partial charge is 0.341 e. The quantitative estimate of drug-likeness (QED) is 0.746. The number of rotatable bonds is 6. The van der Waals surface area contributed by atoms with Gasteiger partial charge >= 0.3 is 0 Å². The van der Waals surface area contributed by atoms with Crippen molar-refractivity contribution >= 4 is 17.5 Å². The molecule has 30 heavy (non-hydrogen) atoms. The molecule has 2 heterocycles. The van der Waals surface area contributed by atoms with Crippen LogP contribution in [0, 0.1) is 11.3 Å². The number of carbonyl (C=O) groups is 1. The molecule has 4 rings (SSSR count). The summed E-state index contributed by atoms with van der Waals surface area (Å²) in [5, 5.41) is 0.701. The van der Waals surface area contributed by atoms with Crippen LogP contribution >= 0.6 is 11.6 Å². The maximum atomic E-state index is 13.0. The monoisotopic (exact) mass is 428 g/mol. The minimum Gasteiger partial charge on any atom is -0.341 e. The number of nitrogens with zero attached hydrogens (tertiary/aromatic N) is 3. The average molecular weight is 429 g/mol. The lowest BCUT2D eigenvalue weighted by Gasteiger charge is -2.48. The first-order valence-electron chi connectivity index (χ1n) is 11.3. The Morgan fingerprint density at radius 3 is 2.50 bits per heavy atom. The van der Waals surface area contributed by atoms with E-state index in [-0.39, 0.29) is 11.3 Å². The van der Waals surface area contributed by atoms with Crippen LogP contribution in [0.25, 0.3) is 0 Å². The molecule has 1 aliphatic heterocycles. The van der Waals surface area contributed by atoms with Gasteiger partial charge in [-0.2, -0.15) is 0 Å². The molecule has 1 atom stereocenters. The number of benzene rings is 1. The van der Waals surface area contributed by atoms with Gasteiger partial charge in [0.05, 0.1) is 12.4 Å². The SMILES string of the molecule is N[C@H](Cc1ccc(Cl)cc1)C(=O)N1CCC(Cn2ccnc2)(C2CCCCC2)CC1. The van der Waals surface area contributed by atoms with Gasteiger partial charge in [0.1, 0.15) is 0 Å². The molecular formula is C24H33ClN4O. The van der Waals surface area contributed by atoms with Gasteiger partial charge in [-0.15, -0.1) is 0 Å². The summed E-state index contributed by atoms with van der Waals surface area (Å²) in [6.45, 7) is 2.62. The van der Waals surface area contributed by atoms with Gasteiger partial charge < -0.3 is 15.2 Å². The summed E-state index contributed by atoms with van der Waals surface area (Å²) in [5.41, 5.74) is 7.61. The Morgan fingerprint density at radius 1 is 1.17 bits per heavy atom. The number of amides is 1. The van der Waals surface area contributed by atoms with E-state index in [0.29, 0.717) is 11.4 Å². The van der Waals surface area contributed by atoms with Gasteiger partial charge in [-0.25, -0.2) is 4.98 Å². The zero-order valence-electron chi connectivity index (χ0n) is 17.7. The van der Waals surface area contributed by atoms with Crippen LogP contribution in [0.2, 0.25) is 5.02 Å². The second-order valence-electron chi connectivity index (χ2n) is 9.19. The number of hydrogen-bond acceptors (Lipinski definition) is 3. The highest BCUT2D eigenvalue weighted by atomic mass is 35.5.